The van der Waals surface area contributed by atoms with Gasteiger partial charge in [0, 0.05) is 0 Å². The minimum absolute atomic E-state index is 1.97. The van der Waals surface area contributed by atoms with E-state index in [0.29, 0.717) is 0 Å². The fourth-order valence-electron chi connectivity index (χ4n) is 2.01. The Morgan fingerprint density at radius 2 is 1.04 bits per heavy atom. The largest absolute Gasteiger partial charge is 0.387 e. The van der Waals surface area contributed by atoms with Gasteiger partial charge in [0.25, 0.3) is 0 Å². The Hall–Kier alpha value is 1.44. The van der Waals surface area contributed by atoms with Crippen LogP contribution < -0.4 is 0 Å². The lowest BCUT2D eigenvalue weighted by atomic mass is 9.85. The van der Waals surface area contributed by atoms with E-state index in [1.807, 2.05) is 0 Å². The molecule has 18 heteroatoms. The average molecular weight is 468 g/mol. The van der Waals surface area contributed by atoms with Crippen LogP contribution in [0.2, 0.25) is 0 Å². The van der Waals surface area contributed by atoms with Crippen molar-refractivity contribution in [1.82, 2.24) is 0 Å². The van der Waals surface area contributed by atoms with Gasteiger partial charge in [0.15, 0.2) is 0 Å². The summed E-state index contributed by atoms with van der Waals surface area (Å²) in [5.74, 6) is 0. The molecule has 1 fully saturated rings. The van der Waals surface area contributed by atoms with Crippen LogP contribution in [-0.2, 0) is 41.8 Å². The molecule has 0 heterocycles. The lowest BCUT2D eigenvalue weighted by Crippen LogP contribution is -2.65. The first kappa shape index (κ1) is 23.5. The molecule has 0 aromatic heterocycles. The maximum absolute atomic E-state index is 11.3. The number of hydrogen-bond acceptors (Lipinski definition) is 9. The smallest absolute Gasteiger partial charge is 0.383 e. The third kappa shape index (κ3) is 7.22. The summed E-state index contributed by atoms with van der Waals surface area (Å²) in [6, 6.07) is 0. The molecular weight excluding hydrogens is 453 g/mol. The van der Waals surface area contributed by atoms with Gasteiger partial charge in [-0.2, -0.15) is 0 Å². The summed E-state index contributed by atoms with van der Waals surface area (Å²) in [4.78, 5) is 45.8. The van der Waals surface area contributed by atoms with Gasteiger partial charge in [-0.1, -0.05) is 12.2 Å². The molecule has 7 atom stereocenters. The normalized spacial score (nSPS) is 37.9. The van der Waals surface area contributed by atoms with Crippen LogP contribution in [-0.4, -0.2) is 76.4 Å². The second-order valence-corrected chi connectivity index (χ2v) is 12.6. The standard InChI is InChI=1S/C6H15O12P3S3/c7-1-2(8)5(17-20(12,13)23)6(18-21(14,15)24)3(9)4(1)16-19(10,11)22/h1-9H,(H2,10,11,22)(H2,12,13,23)(H2,14,15,24)/t1-,2-,3+,4+,5+,6+/m0/s1. The van der Waals surface area contributed by atoms with E-state index in [4.69, 9.17) is 14.7 Å². The van der Waals surface area contributed by atoms with Gasteiger partial charge in [0.2, 0.25) is 0 Å². The zero-order valence-electron chi connectivity index (χ0n) is 11.3. The molecule has 1 aliphatic carbocycles. The Labute approximate surface area is 150 Å². The van der Waals surface area contributed by atoms with Gasteiger partial charge in [0.1, 0.15) is 36.6 Å². The quantitative estimate of drug-likeness (QED) is 0.148. The van der Waals surface area contributed by atoms with Gasteiger partial charge >= 0.3 is 20.2 Å². The van der Waals surface area contributed by atoms with E-state index in [1.54, 1.807) is 0 Å². The number of aliphatic hydroxyl groups is 3. The summed E-state index contributed by atoms with van der Waals surface area (Å²) in [6.45, 7) is -13.5. The summed E-state index contributed by atoms with van der Waals surface area (Å²) < 4.78 is 24.9. The van der Waals surface area contributed by atoms with Gasteiger partial charge in [0.05, 0.1) is 0 Å². The fourth-order valence-corrected chi connectivity index (χ4v) is 4.62. The van der Waals surface area contributed by atoms with E-state index < -0.39 is 56.9 Å². The van der Waals surface area contributed by atoms with Crippen LogP contribution in [0.5, 0.6) is 0 Å². The molecule has 0 spiro atoms. The molecule has 144 valence electrons. The Kier molecular flexibility index (Phi) is 8.03. The summed E-state index contributed by atoms with van der Waals surface area (Å²) in [6.07, 6.45) is -12.3. The molecule has 12 nitrogen and oxygen atoms in total. The second-order valence-electron chi connectivity index (χ2n) is 4.65. The lowest BCUT2D eigenvalue weighted by molar-refractivity contribution is -0.207. The zero-order chi connectivity index (χ0) is 19.1. The Balaban J connectivity index is 3.23. The van der Waals surface area contributed by atoms with Crippen molar-refractivity contribution in [3.63, 3.8) is 0 Å². The fraction of sp³-hybridized carbons (Fsp3) is 1.00. The molecule has 0 amide bonds. The van der Waals surface area contributed by atoms with Gasteiger partial charge in [-0.05, 0) is 23.6 Å². The summed E-state index contributed by atoms with van der Waals surface area (Å²) in [5.41, 5.74) is 0. The van der Waals surface area contributed by atoms with Crippen molar-refractivity contribution < 1.29 is 57.9 Å². The van der Waals surface area contributed by atoms with Crippen LogP contribution in [0.25, 0.3) is 0 Å². The minimum Gasteiger partial charge on any atom is -0.387 e. The molecule has 1 rings (SSSR count). The van der Waals surface area contributed by atoms with E-state index in [2.05, 4.69) is 49.4 Å². The van der Waals surface area contributed by atoms with Gasteiger partial charge in [-0.3, -0.25) is 13.6 Å². The predicted molar refractivity (Wildman–Crippen MR) is 88.9 cm³/mol. The molecule has 0 aromatic rings. The number of aliphatic hydroxyl groups excluding tert-OH is 3. The maximum Gasteiger partial charge on any atom is 0.383 e. The van der Waals surface area contributed by atoms with E-state index in [1.165, 1.54) is 0 Å². The van der Waals surface area contributed by atoms with Crippen LogP contribution in [0.15, 0.2) is 0 Å². The van der Waals surface area contributed by atoms with E-state index in [9.17, 15) is 29.7 Å². The van der Waals surface area contributed by atoms with Gasteiger partial charge < -0.3 is 39.8 Å². The first-order valence-electron chi connectivity index (χ1n) is 5.78. The highest BCUT2D eigenvalue weighted by atomic mass is 32.7. The Morgan fingerprint density at radius 1 is 0.708 bits per heavy atom. The minimum atomic E-state index is -4.62. The zero-order valence-corrected chi connectivity index (χ0v) is 16.5. The second kappa shape index (κ2) is 8.21. The molecular formula is C6H15O12P3S3. The predicted octanol–water partition coefficient (Wildman–Crippen LogP) is -2.31. The molecule has 0 aliphatic heterocycles. The summed E-state index contributed by atoms with van der Waals surface area (Å²) in [7, 11) is 0. The molecule has 0 radical (unpaired) electrons. The molecule has 8 N–H and O–H groups in total. The molecule has 1 aliphatic rings. The van der Waals surface area contributed by atoms with Crippen molar-refractivity contribution in [2.24, 2.45) is 0 Å². The Morgan fingerprint density at radius 3 is 1.42 bits per heavy atom. The molecule has 0 aromatic carbocycles. The topological polar surface area (TPSA) is 207 Å². The van der Waals surface area contributed by atoms with Crippen molar-refractivity contribution >= 4 is 56.1 Å². The highest BCUT2D eigenvalue weighted by Gasteiger charge is 2.55. The van der Waals surface area contributed by atoms with Crippen LogP contribution in [0.1, 0.15) is 0 Å². The molecule has 24 heavy (non-hydrogen) atoms. The van der Waals surface area contributed by atoms with Crippen LogP contribution in [0.4, 0.5) is 0 Å². The van der Waals surface area contributed by atoms with Crippen molar-refractivity contribution in [3.8, 4) is 0 Å². The summed E-state index contributed by atoms with van der Waals surface area (Å²) in [5, 5.41) is 30.0. The van der Waals surface area contributed by atoms with Crippen molar-refractivity contribution in [2.45, 2.75) is 36.6 Å². The first-order valence-corrected chi connectivity index (χ1v) is 13.8. The van der Waals surface area contributed by atoms with Gasteiger partial charge in [-0.25, -0.2) is 4.57 Å². The summed E-state index contributed by atoms with van der Waals surface area (Å²) >= 11 is 11.6. The van der Waals surface area contributed by atoms with Crippen LogP contribution in [0, 0.1) is 0 Å². The third-order valence-corrected chi connectivity index (χ3v) is 5.15. The number of rotatable bonds is 6. The van der Waals surface area contributed by atoms with Crippen LogP contribution in [0.3, 0.4) is 0 Å². The highest BCUT2D eigenvalue weighted by molar-refractivity contribution is 8.44. The SMILES string of the molecule is O=P(O)(S)O[C@@H]1[C@H](O)[C@H](OP(O)(O)=S)[C@@H](O)[C@H](O)[C@H]1OP(O)(O)=S. The monoisotopic (exact) mass is 468 g/mol. The molecule has 1 saturated carbocycles. The van der Waals surface area contributed by atoms with E-state index >= 15 is 0 Å². The lowest BCUT2D eigenvalue weighted by Gasteiger charge is -2.45. The van der Waals surface area contributed by atoms with E-state index in [0.717, 1.165) is 0 Å². The van der Waals surface area contributed by atoms with Crippen molar-refractivity contribution in [1.29, 1.82) is 0 Å². The average Bonchev–Trinajstić information content (AvgIpc) is 2.32. The van der Waals surface area contributed by atoms with Crippen LogP contribution >= 0.6 is 32.5 Å². The van der Waals surface area contributed by atoms with Crippen molar-refractivity contribution in [3.05, 3.63) is 0 Å². The molecule has 0 saturated heterocycles. The maximum atomic E-state index is 11.3. The highest BCUT2D eigenvalue weighted by Crippen LogP contribution is 2.53. The molecule has 0 bridgehead atoms. The van der Waals surface area contributed by atoms with Gasteiger partial charge in [-0.15, -0.1) is 0 Å². The Bertz CT molecular complexity index is 585. The van der Waals surface area contributed by atoms with Crippen molar-refractivity contribution in [2.75, 3.05) is 0 Å². The number of thiol groups is 1. The van der Waals surface area contributed by atoms with E-state index in [-0.39, 0.29) is 0 Å². The molecule has 1 unspecified atom stereocenters. The third-order valence-electron chi connectivity index (χ3n) is 2.80. The first-order chi connectivity index (χ1) is 10.5. The number of hydrogen-bond donors (Lipinski definition) is 9.